The van der Waals surface area contributed by atoms with Crippen molar-refractivity contribution >= 4 is 30.2 Å². The van der Waals surface area contributed by atoms with Crippen LogP contribution < -0.4 is 0 Å². The molecule has 2 fully saturated rings. The molecule has 0 spiro atoms. The molecule has 2 saturated carbocycles. The van der Waals surface area contributed by atoms with E-state index >= 15 is 0 Å². The predicted octanol–water partition coefficient (Wildman–Crippen LogP) is 7.16. The summed E-state index contributed by atoms with van der Waals surface area (Å²) in [4.78, 5) is 12.4. The molecule has 3 unspecified atom stereocenters. The normalized spacial score (nSPS) is 34.4. The van der Waals surface area contributed by atoms with Gasteiger partial charge in [-0.3, -0.25) is 4.79 Å². The minimum atomic E-state index is -2.01. The van der Waals surface area contributed by atoms with E-state index in [0.29, 0.717) is 17.8 Å². The largest absolute Gasteiger partial charge is 0.459 e. The highest BCUT2D eigenvalue weighted by Gasteiger charge is 2.61. The smallest absolute Gasteiger partial charge is 0.316 e. The lowest BCUT2D eigenvalue weighted by Crippen LogP contribution is -2.53. The van der Waals surface area contributed by atoms with Crippen molar-refractivity contribution in [3.8, 4) is 0 Å². The maximum Gasteiger partial charge on any atom is 0.316 e. The molecular weight excluding hydrogens is 480 g/mol. The van der Waals surface area contributed by atoms with Crippen LogP contribution in [0.2, 0.25) is 18.1 Å². The number of carbonyl (C=O) groups is 1. The zero-order valence-electron chi connectivity index (χ0n) is 21.0. The van der Waals surface area contributed by atoms with Crippen molar-refractivity contribution in [1.29, 1.82) is 0 Å². The number of rotatable bonds is 4. The van der Waals surface area contributed by atoms with Crippen LogP contribution in [0.15, 0.2) is 18.2 Å². The molecule has 3 aliphatic carbocycles. The number of aryl methyl sites for hydroxylation is 2. The van der Waals surface area contributed by atoms with Gasteiger partial charge >= 0.3 is 5.97 Å². The highest BCUT2D eigenvalue weighted by Crippen LogP contribution is 2.62. The molecule has 0 bridgehead atoms. The molecule has 4 rings (SSSR count). The summed E-state index contributed by atoms with van der Waals surface area (Å²) in [7, 11) is -2.01. The van der Waals surface area contributed by atoms with Gasteiger partial charge in [-0.05, 0) is 91.5 Å². The Morgan fingerprint density at radius 1 is 1.25 bits per heavy atom. The third-order valence-electron chi connectivity index (χ3n) is 9.41. The molecule has 0 saturated heterocycles. The van der Waals surface area contributed by atoms with Gasteiger partial charge in [-0.2, -0.15) is 0 Å². The zero-order valence-corrected chi connectivity index (χ0v) is 23.6. The number of hydrogen-bond acceptors (Lipinski definition) is 3. The molecule has 1 aromatic carbocycles. The van der Waals surface area contributed by atoms with Crippen molar-refractivity contribution in [3.63, 3.8) is 0 Å². The molecule has 0 N–H and O–H groups in total. The van der Waals surface area contributed by atoms with E-state index in [9.17, 15) is 4.79 Å². The van der Waals surface area contributed by atoms with E-state index in [2.05, 4.69) is 81.8 Å². The number of alkyl halides is 1. The summed E-state index contributed by atoms with van der Waals surface area (Å²) in [5.41, 5.74) is 4.57. The van der Waals surface area contributed by atoms with E-state index in [1.807, 2.05) is 0 Å². The number of hydrogen-bond donors (Lipinski definition) is 0. The van der Waals surface area contributed by atoms with Crippen LogP contribution in [-0.2, 0) is 20.4 Å². The van der Waals surface area contributed by atoms with Gasteiger partial charge in [0, 0.05) is 0 Å². The molecule has 0 amide bonds. The van der Waals surface area contributed by atoms with Crippen LogP contribution in [0.1, 0.15) is 76.0 Å². The molecule has 0 aromatic heterocycles. The predicted molar refractivity (Wildman–Crippen MR) is 137 cm³/mol. The summed E-state index contributed by atoms with van der Waals surface area (Å²) in [5.74, 6) is 1.67. The van der Waals surface area contributed by atoms with Crippen LogP contribution in [0.3, 0.4) is 0 Å². The summed E-state index contributed by atoms with van der Waals surface area (Å²) in [6.07, 6.45) is 5.58. The molecule has 32 heavy (non-hydrogen) atoms. The van der Waals surface area contributed by atoms with Crippen LogP contribution in [-0.4, -0.2) is 31.8 Å². The minimum Gasteiger partial charge on any atom is -0.459 e. The lowest BCUT2D eigenvalue weighted by Gasteiger charge is -2.52. The number of benzene rings is 1. The topological polar surface area (TPSA) is 35.5 Å². The maximum atomic E-state index is 12.4. The molecular formula is C27H41BrO3Si. The highest BCUT2D eigenvalue weighted by molar-refractivity contribution is 9.09. The molecule has 178 valence electrons. The number of halogens is 1. The lowest BCUT2D eigenvalue weighted by atomic mass is 9.55. The monoisotopic (exact) mass is 520 g/mol. The Hall–Kier alpha value is -0.653. The van der Waals surface area contributed by atoms with Crippen molar-refractivity contribution in [2.75, 3.05) is 5.33 Å². The maximum absolute atomic E-state index is 12.4. The molecule has 3 aliphatic rings. The van der Waals surface area contributed by atoms with Gasteiger partial charge in [-0.25, -0.2) is 0 Å². The first-order chi connectivity index (χ1) is 14.9. The lowest BCUT2D eigenvalue weighted by molar-refractivity contribution is -0.151. The molecule has 6 atom stereocenters. The van der Waals surface area contributed by atoms with Gasteiger partial charge in [0.15, 0.2) is 8.32 Å². The van der Waals surface area contributed by atoms with Crippen LogP contribution in [0.4, 0.5) is 0 Å². The van der Waals surface area contributed by atoms with Gasteiger partial charge in [-0.15, -0.1) is 0 Å². The number of carbonyl (C=O) groups excluding carboxylic acids is 1. The average Bonchev–Trinajstić information content (AvgIpc) is 2.98. The van der Waals surface area contributed by atoms with Gasteiger partial charge < -0.3 is 9.16 Å². The fourth-order valence-corrected chi connectivity index (χ4v) is 8.21. The molecule has 1 aromatic rings. The summed E-state index contributed by atoms with van der Waals surface area (Å²) >= 11 is 3.30. The average molecular weight is 522 g/mol. The first kappa shape index (κ1) is 24.5. The second-order valence-electron chi connectivity index (χ2n) is 12.4. The molecule has 3 nitrogen and oxygen atoms in total. The Kier molecular flexibility index (Phi) is 6.52. The standard InChI is InChI=1S/C27H41BrO3Si/c1-17-8-10-19-18(14-17)9-11-21-20(19)12-13-27(5)22(21)15-23(30-24(29)16-28)25(27)31-32(6,7)26(2,3)4/h8,10,14,20-23,25H,9,11-13,15-16H2,1-7H3/t20?,21?,22?,23-,25+,27+/m1/s1. The Balaban J connectivity index is 1.67. The van der Waals surface area contributed by atoms with Gasteiger partial charge in [0.25, 0.3) is 0 Å². The zero-order chi connectivity index (χ0) is 23.5. The summed E-state index contributed by atoms with van der Waals surface area (Å²) in [6.45, 7) is 16.2. The second-order valence-corrected chi connectivity index (χ2v) is 17.7. The second kappa shape index (κ2) is 8.53. The Morgan fingerprint density at radius 3 is 2.62 bits per heavy atom. The van der Waals surface area contributed by atoms with Gasteiger partial charge in [0.05, 0.1) is 6.10 Å². The van der Waals surface area contributed by atoms with Crippen molar-refractivity contribution in [1.82, 2.24) is 0 Å². The van der Waals surface area contributed by atoms with Crippen molar-refractivity contribution in [2.45, 2.75) is 103 Å². The van der Waals surface area contributed by atoms with Gasteiger partial charge in [-0.1, -0.05) is 67.4 Å². The Morgan fingerprint density at radius 2 is 1.97 bits per heavy atom. The summed E-state index contributed by atoms with van der Waals surface area (Å²) in [6, 6.07) is 7.08. The SMILES string of the molecule is Cc1ccc2c(c1)CCC1C2CC[C@@]2(C)C1C[C@@H](OC(=O)CBr)[C@@H]2O[Si](C)(C)C(C)(C)C. The summed E-state index contributed by atoms with van der Waals surface area (Å²) in [5, 5.41) is 0.376. The van der Waals surface area contributed by atoms with Crippen molar-refractivity contribution < 1.29 is 14.0 Å². The van der Waals surface area contributed by atoms with E-state index in [1.165, 1.54) is 24.8 Å². The van der Waals surface area contributed by atoms with Gasteiger partial charge in [0.1, 0.15) is 11.4 Å². The molecule has 0 aliphatic heterocycles. The van der Waals surface area contributed by atoms with E-state index in [-0.39, 0.29) is 34.0 Å². The minimum absolute atomic E-state index is 0.00300. The third-order valence-corrected chi connectivity index (χ3v) is 14.3. The van der Waals surface area contributed by atoms with Crippen LogP contribution in [0, 0.1) is 24.2 Å². The molecule has 0 heterocycles. The van der Waals surface area contributed by atoms with E-state index < -0.39 is 8.32 Å². The van der Waals surface area contributed by atoms with E-state index in [1.54, 1.807) is 11.1 Å². The molecule has 5 heteroatoms. The first-order valence-electron chi connectivity index (χ1n) is 12.4. The highest BCUT2D eigenvalue weighted by atomic mass is 79.9. The van der Waals surface area contributed by atoms with Gasteiger partial charge in [0.2, 0.25) is 0 Å². The number of esters is 1. The molecule has 0 radical (unpaired) electrons. The van der Waals surface area contributed by atoms with Crippen LogP contribution in [0.5, 0.6) is 0 Å². The fraction of sp³-hybridized carbons (Fsp3) is 0.741. The quantitative estimate of drug-likeness (QED) is 0.240. The van der Waals surface area contributed by atoms with Crippen molar-refractivity contribution in [2.24, 2.45) is 17.3 Å². The van der Waals surface area contributed by atoms with Crippen LogP contribution >= 0.6 is 15.9 Å². The van der Waals surface area contributed by atoms with E-state index in [0.717, 1.165) is 12.8 Å². The third kappa shape index (κ3) is 4.15. The first-order valence-corrected chi connectivity index (χ1v) is 16.4. The van der Waals surface area contributed by atoms with Crippen LogP contribution in [0.25, 0.3) is 0 Å². The summed E-state index contributed by atoms with van der Waals surface area (Å²) < 4.78 is 13.2. The number of fused-ring (bicyclic) bond motifs is 5. The van der Waals surface area contributed by atoms with Crippen molar-refractivity contribution in [3.05, 3.63) is 34.9 Å². The number of ether oxygens (including phenoxy) is 1. The fourth-order valence-electron chi connectivity index (χ4n) is 6.67. The Bertz CT molecular complexity index is 876. The van der Waals surface area contributed by atoms with E-state index in [4.69, 9.17) is 9.16 Å². The Labute approximate surface area is 204 Å².